The monoisotopic (exact) mass is 363 g/mol. The maximum absolute atomic E-state index is 12.6. The summed E-state index contributed by atoms with van der Waals surface area (Å²) in [6.07, 6.45) is 6.50. The zero-order valence-corrected chi connectivity index (χ0v) is 15.6. The second-order valence-electron chi connectivity index (χ2n) is 7.13. The number of nitrogens with zero attached hydrogens (tertiary/aromatic N) is 2. The van der Waals surface area contributed by atoms with E-state index in [1.165, 1.54) is 12.8 Å². The van der Waals surface area contributed by atoms with Gasteiger partial charge in [0.15, 0.2) is 5.76 Å². The molecule has 1 fully saturated rings. The van der Waals surface area contributed by atoms with Crippen LogP contribution in [0.1, 0.15) is 47.7 Å². The number of hydrogen-bond acceptors (Lipinski definition) is 3. The van der Waals surface area contributed by atoms with Crippen LogP contribution in [0.25, 0.3) is 5.69 Å². The minimum atomic E-state index is -0.179. The van der Waals surface area contributed by atoms with Crippen LogP contribution >= 0.6 is 0 Å². The molecule has 1 atom stereocenters. The van der Waals surface area contributed by atoms with Crippen molar-refractivity contribution < 1.29 is 9.21 Å². The third-order valence-corrected chi connectivity index (χ3v) is 5.08. The molecule has 3 heterocycles. The molecule has 1 aromatic carbocycles. The molecule has 1 saturated heterocycles. The Bertz CT molecular complexity index is 892. The molecule has 0 radical (unpaired) electrons. The Kier molecular flexibility index (Phi) is 5.12. The summed E-state index contributed by atoms with van der Waals surface area (Å²) in [5.74, 6) is 1.04. The summed E-state index contributed by atoms with van der Waals surface area (Å²) in [7, 11) is 0. The minimum absolute atomic E-state index is 0.111. The Morgan fingerprint density at radius 1 is 1.11 bits per heavy atom. The number of aromatic nitrogens is 1. The first-order chi connectivity index (χ1) is 13.2. The summed E-state index contributed by atoms with van der Waals surface area (Å²) in [6.45, 7) is 4.98. The number of carbonyl (C=O) groups is 1. The van der Waals surface area contributed by atoms with Crippen molar-refractivity contribution in [3.63, 3.8) is 0 Å². The van der Waals surface area contributed by atoms with Crippen LogP contribution in [0.5, 0.6) is 0 Å². The van der Waals surface area contributed by atoms with Gasteiger partial charge in [0.1, 0.15) is 5.76 Å². The van der Waals surface area contributed by atoms with E-state index in [0.29, 0.717) is 5.76 Å². The largest absolute Gasteiger partial charge is 0.455 e. The van der Waals surface area contributed by atoms with E-state index in [1.807, 2.05) is 49.6 Å². The molecule has 140 valence electrons. The van der Waals surface area contributed by atoms with Gasteiger partial charge in [0.25, 0.3) is 5.91 Å². The van der Waals surface area contributed by atoms with Gasteiger partial charge >= 0.3 is 0 Å². The summed E-state index contributed by atoms with van der Waals surface area (Å²) in [4.78, 5) is 14.9. The fraction of sp³-hybridized carbons (Fsp3) is 0.318. The van der Waals surface area contributed by atoms with Crippen LogP contribution in [0.4, 0.5) is 0 Å². The Morgan fingerprint density at radius 3 is 2.67 bits per heavy atom. The third-order valence-electron chi connectivity index (χ3n) is 5.08. The third kappa shape index (κ3) is 4.14. The van der Waals surface area contributed by atoms with Crippen molar-refractivity contribution in [1.29, 1.82) is 0 Å². The van der Waals surface area contributed by atoms with Crippen molar-refractivity contribution >= 4 is 5.91 Å². The maximum atomic E-state index is 12.6. The van der Waals surface area contributed by atoms with E-state index >= 15 is 0 Å². The first-order valence-corrected chi connectivity index (χ1v) is 9.54. The molecule has 1 unspecified atom stereocenters. The zero-order chi connectivity index (χ0) is 18.6. The minimum Gasteiger partial charge on any atom is -0.455 e. The van der Waals surface area contributed by atoms with Crippen molar-refractivity contribution in [3.8, 4) is 5.69 Å². The van der Waals surface area contributed by atoms with E-state index < -0.39 is 0 Å². The molecular weight excluding hydrogens is 338 g/mol. The van der Waals surface area contributed by atoms with Crippen molar-refractivity contribution in [3.05, 3.63) is 78.0 Å². The molecule has 27 heavy (non-hydrogen) atoms. The normalized spacial score (nSPS) is 15.7. The summed E-state index contributed by atoms with van der Waals surface area (Å²) in [5, 5.41) is 3.04. The van der Waals surface area contributed by atoms with Gasteiger partial charge < -0.3 is 14.3 Å². The second kappa shape index (κ2) is 7.84. The Balaban J connectivity index is 1.40. The molecule has 1 aliphatic rings. The topological polar surface area (TPSA) is 50.4 Å². The lowest BCUT2D eigenvalue weighted by atomic mass is 10.1. The molecule has 0 saturated carbocycles. The molecule has 1 aliphatic heterocycles. The van der Waals surface area contributed by atoms with Gasteiger partial charge in [0, 0.05) is 18.1 Å². The highest BCUT2D eigenvalue weighted by Gasteiger charge is 2.18. The van der Waals surface area contributed by atoms with Gasteiger partial charge in [-0.1, -0.05) is 12.1 Å². The van der Waals surface area contributed by atoms with Crippen LogP contribution in [0.3, 0.4) is 0 Å². The molecule has 5 nitrogen and oxygen atoms in total. The highest BCUT2D eigenvalue weighted by molar-refractivity contribution is 5.91. The van der Waals surface area contributed by atoms with Crippen LogP contribution < -0.4 is 5.32 Å². The molecule has 5 heteroatoms. The highest BCUT2D eigenvalue weighted by atomic mass is 16.4. The van der Waals surface area contributed by atoms with Gasteiger partial charge in [-0.05, 0) is 74.8 Å². The van der Waals surface area contributed by atoms with Crippen LogP contribution in [0.2, 0.25) is 0 Å². The predicted molar refractivity (Wildman–Crippen MR) is 105 cm³/mol. The number of amides is 1. The number of hydrogen-bond donors (Lipinski definition) is 1. The number of likely N-dealkylation sites (tertiary alicyclic amines) is 1. The maximum Gasteiger partial charge on any atom is 0.287 e. The number of rotatable bonds is 6. The van der Waals surface area contributed by atoms with Gasteiger partial charge in [-0.2, -0.15) is 0 Å². The van der Waals surface area contributed by atoms with E-state index in [1.54, 1.807) is 6.07 Å². The standard InChI is InChI=1S/C22H25N3O2/c1-17(18-7-6-8-19(15-18)25-13-4-5-14-25)23-22(26)21-10-9-20(27-21)16-24-11-2-3-12-24/h4-10,13-15,17H,2-3,11-12,16H2,1H3,(H,23,26). The second-order valence-corrected chi connectivity index (χ2v) is 7.13. The Morgan fingerprint density at radius 2 is 1.89 bits per heavy atom. The first-order valence-electron chi connectivity index (χ1n) is 9.54. The van der Waals surface area contributed by atoms with Crippen molar-refractivity contribution in [2.75, 3.05) is 13.1 Å². The molecule has 1 N–H and O–H groups in total. The molecular formula is C22H25N3O2. The first kappa shape index (κ1) is 17.6. The number of benzene rings is 1. The SMILES string of the molecule is CC(NC(=O)c1ccc(CN2CCCC2)o1)c1cccc(-n2cccc2)c1. The molecule has 0 bridgehead atoms. The lowest BCUT2D eigenvalue weighted by Crippen LogP contribution is -2.26. The Labute approximate surface area is 159 Å². The summed E-state index contributed by atoms with van der Waals surface area (Å²) in [5.41, 5.74) is 2.13. The zero-order valence-electron chi connectivity index (χ0n) is 15.6. The van der Waals surface area contributed by atoms with Crippen LogP contribution in [-0.2, 0) is 6.54 Å². The smallest absolute Gasteiger partial charge is 0.287 e. The van der Waals surface area contributed by atoms with Gasteiger partial charge in [-0.25, -0.2) is 0 Å². The van der Waals surface area contributed by atoms with Crippen molar-refractivity contribution in [1.82, 2.24) is 14.8 Å². The van der Waals surface area contributed by atoms with Crippen LogP contribution in [-0.4, -0.2) is 28.5 Å². The molecule has 4 rings (SSSR count). The average molecular weight is 363 g/mol. The van der Waals surface area contributed by atoms with Crippen LogP contribution in [0.15, 0.2) is 65.3 Å². The summed E-state index contributed by atoms with van der Waals surface area (Å²) in [6, 6.07) is 15.7. The molecule has 3 aromatic rings. The summed E-state index contributed by atoms with van der Waals surface area (Å²) < 4.78 is 7.82. The predicted octanol–water partition coefficient (Wildman–Crippen LogP) is 4.16. The number of furan rings is 1. The van der Waals surface area contributed by atoms with E-state index in [4.69, 9.17) is 4.42 Å². The van der Waals surface area contributed by atoms with E-state index in [9.17, 15) is 4.79 Å². The molecule has 2 aromatic heterocycles. The summed E-state index contributed by atoms with van der Waals surface area (Å²) >= 11 is 0. The van der Waals surface area contributed by atoms with E-state index in [-0.39, 0.29) is 11.9 Å². The highest BCUT2D eigenvalue weighted by Crippen LogP contribution is 2.19. The van der Waals surface area contributed by atoms with Crippen molar-refractivity contribution in [2.24, 2.45) is 0 Å². The quantitative estimate of drug-likeness (QED) is 0.715. The average Bonchev–Trinajstić information content (AvgIpc) is 3.45. The van der Waals surface area contributed by atoms with E-state index in [2.05, 4.69) is 26.9 Å². The fourth-order valence-electron chi connectivity index (χ4n) is 3.56. The van der Waals surface area contributed by atoms with Gasteiger partial charge in [-0.3, -0.25) is 9.69 Å². The lowest BCUT2D eigenvalue weighted by molar-refractivity contribution is 0.0908. The van der Waals surface area contributed by atoms with Gasteiger partial charge in [0.2, 0.25) is 0 Å². The molecule has 0 spiro atoms. The van der Waals surface area contributed by atoms with E-state index in [0.717, 1.165) is 36.6 Å². The lowest BCUT2D eigenvalue weighted by Gasteiger charge is -2.15. The molecule has 0 aliphatic carbocycles. The van der Waals surface area contributed by atoms with Gasteiger partial charge in [-0.15, -0.1) is 0 Å². The fourth-order valence-corrected chi connectivity index (χ4v) is 3.56. The van der Waals surface area contributed by atoms with Gasteiger partial charge in [0.05, 0.1) is 12.6 Å². The van der Waals surface area contributed by atoms with Crippen LogP contribution in [0, 0.1) is 0 Å². The molecule has 1 amide bonds. The number of carbonyl (C=O) groups excluding carboxylic acids is 1. The Hall–Kier alpha value is -2.79. The van der Waals surface area contributed by atoms with Crippen molar-refractivity contribution in [2.45, 2.75) is 32.4 Å². The number of nitrogens with one attached hydrogen (secondary N) is 1.